The van der Waals surface area contributed by atoms with E-state index < -0.39 is 17.9 Å². The Kier molecular flexibility index (Phi) is 6.16. The lowest BCUT2D eigenvalue weighted by molar-refractivity contribution is -0.141. The molecule has 0 aromatic carbocycles. The minimum absolute atomic E-state index is 0.195. The number of aromatic nitrogens is 4. The van der Waals surface area contributed by atoms with E-state index in [1.807, 2.05) is 20.8 Å². The second-order valence-corrected chi connectivity index (χ2v) is 8.63. The first-order chi connectivity index (χ1) is 14.1. The smallest absolute Gasteiger partial charge is 0.243 e. The number of halogens is 1. The third-order valence-electron chi connectivity index (χ3n) is 5.32. The molecule has 162 valence electrons. The summed E-state index contributed by atoms with van der Waals surface area (Å²) in [5.41, 5.74) is 6.58. The molecule has 1 aliphatic rings. The van der Waals surface area contributed by atoms with Crippen molar-refractivity contribution in [3.05, 3.63) is 30.0 Å². The van der Waals surface area contributed by atoms with Crippen molar-refractivity contribution in [2.24, 2.45) is 18.2 Å². The van der Waals surface area contributed by atoms with Crippen LogP contribution in [0.2, 0.25) is 0 Å². The number of aryl methyl sites for hydroxylation is 1. The lowest BCUT2D eigenvalue weighted by Gasteiger charge is -2.32. The number of nitrogens with one attached hydrogen (secondary N) is 1. The Morgan fingerprint density at radius 2 is 1.97 bits per heavy atom. The predicted molar refractivity (Wildman–Crippen MR) is 108 cm³/mol. The zero-order chi connectivity index (χ0) is 22.1. The molecule has 2 aromatic rings. The molecule has 30 heavy (non-hydrogen) atoms. The zero-order valence-corrected chi connectivity index (χ0v) is 17.7. The second-order valence-electron chi connectivity index (χ2n) is 8.63. The molecule has 2 aromatic heterocycles. The number of nitrogens with two attached hydrogens (primary N) is 1. The summed E-state index contributed by atoms with van der Waals surface area (Å²) in [4.78, 5) is 35.4. The molecule has 9 nitrogen and oxygen atoms in total. The number of likely N-dealkylation sites (tertiary alicyclic amines) is 1. The normalized spacial score (nSPS) is 17.8. The number of hydrogen-bond donors (Lipinski definition) is 2. The van der Waals surface area contributed by atoms with Crippen molar-refractivity contribution in [3.8, 4) is 11.5 Å². The molecule has 0 bridgehead atoms. The quantitative estimate of drug-likeness (QED) is 0.749. The van der Waals surface area contributed by atoms with Crippen LogP contribution in [0.5, 0.6) is 0 Å². The van der Waals surface area contributed by atoms with E-state index in [1.165, 1.54) is 17.1 Å². The molecular formula is C20H28FN7O2. The van der Waals surface area contributed by atoms with Gasteiger partial charge in [-0.15, -0.1) is 0 Å². The maximum absolute atomic E-state index is 13.8. The fraction of sp³-hybridized carbons (Fsp3) is 0.550. The van der Waals surface area contributed by atoms with Crippen LogP contribution in [0.4, 0.5) is 4.39 Å². The molecule has 0 saturated carbocycles. The largest absolute Gasteiger partial charge is 0.350 e. The number of carbonyl (C=O) groups is 2. The van der Waals surface area contributed by atoms with Crippen molar-refractivity contribution in [3.63, 3.8) is 0 Å². The number of carbonyl (C=O) groups excluding carboxylic acids is 2. The van der Waals surface area contributed by atoms with Gasteiger partial charge in [-0.25, -0.2) is 14.4 Å². The fourth-order valence-corrected chi connectivity index (χ4v) is 3.39. The van der Waals surface area contributed by atoms with E-state index in [1.54, 1.807) is 11.9 Å². The molecule has 1 aliphatic heterocycles. The summed E-state index contributed by atoms with van der Waals surface area (Å²) >= 11 is 0. The third kappa shape index (κ3) is 4.48. The van der Waals surface area contributed by atoms with Gasteiger partial charge in [0.1, 0.15) is 11.7 Å². The molecule has 0 radical (unpaired) electrons. The number of nitrogens with zero attached hydrogens (tertiary/aromatic N) is 5. The predicted octanol–water partition coefficient (Wildman–Crippen LogP) is 0.997. The van der Waals surface area contributed by atoms with Gasteiger partial charge >= 0.3 is 0 Å². The van der Waals surface area contributed by atoms with Crippen LogP contribution < -0.4 is 11.1 Å². The lowest BCUT2D eigenvalue weighted by atomic mass is 9.86. The summed E-state index contributed by atoms with van der Waals surface area (Å²) in [5.74, 6) is -0.723. The summed E-state index contributed by atoms with van der Waals surface area (Å²) in [7, 11) is 1.61. The Labute approximate surface area is 174 Å². The van der Waals surface area contributed by atoms with Gasteiger partial charge < -0.3 is 16.0 Å². The van der Waals surface area contributed by atoms with Gasteiger partial charge in [-0.05, 0) is 18.3 Å². The summed E-state index contributed by atoms with van der Waals surface area (Å²) in [6.07, 6.45) is 5.52. The first-order valence-corrected chi connectivity index (χ1v) is 9.92. The Morgan fingerprint density at radius 1 is 1.30 bits per heavy atom. The van der Waals surface area contributed by atoms with Crippen molar-refractivity contribution in [2.75, 3.05) is 6.54 Å². The highest BCUT2D eigenvalue weighted by Gasteiger charge is 2.39. The van der Waals surface area contributed by atoms with Crippen molar-refractivity contribution < 1.29 is 14.0 Å². The molecule has 3 N–H and O–H groups in total. The van der Waals surface area contributed by atoms with Gasteiger partial charge in [0.05, 0.1) is 12.2 Å². The minimum Gasteiger partial charge on any atom is -0.350 e. The van der Waals surface area contributed by atoms with E-state index in [4.69, 9.17) is 5.73 Å². The van der Waals surface area contributed by atoms with Crippen molar-refractivity contribution in [1.82, 2.24) is 30.0 Å². The zero-order valence-electron chi connectivity index (χ0n) is 17.7. The molecule has 2 amide bonds. The number of hydrogen-bond acceptors (Lipinski definition) is 6. The van der Waals surface area contributed by atoms with Crippen LogP contribution in [0.3, 0.4) is 0 Å². The Bertz CT molecular complexity index is 901. The highest BCUT2D eigenvalue weighted by molar-refractivity contribution is 5.90. The highest BCUT2D eigenvalue weighted by atomic mass is 19.1. The van der Waals surface area contributed by atoms with Gasteiger partial charge in [-0.1, -0.05) is 20.8 Å². The van der Waals surface area contributed by atoms with Crippen LogP contribution >= 0.6 is 0 Å². The molecule has 3 rings (SSSR count). The van der Waals surface area contributed by atoms with Gasteiger partial charge in [0.2, 0.25) is 11.8 Å². The SMILES string of the molecule is Cn1ncc(F)c1-c1ncc(CNC(=O)C2CCCN2C(=O)C(N)C(C)(C)C)cn1. The van der Waals surface area contributed by atoms with Gasteiger partial charge in [0.25, 0.3) is 0 Å². The average Bonchev–Trinajstić information content (AvgIpc) is 3.31. The molecule has 0 aliphatic carbocycles. The Morgan fingerprint density at radius 3 is 2.53 bits per heavy atom. The topological polar surface area (TPSA) is 119 Å². The average molecular weight is 417 g/mol. The fourth-order valence-electron chi connectivity index (χ4n) is 3.39. The van der Waals surface area contributed by atoms with Gasteiger partial charge in [-0.2, -0.15) is 5.10 Å². The van der Waals surface area contributed by atoms with Crippen LogP contribution in [0.15, 0.2) is 18.6 Å². The molecule has 2 atom stereocenters. The lowest BCUT2D eigenvalue weighted by Crippen LogP contribution is -2.54. The van der Waals surface area contributed by atoms with Crippen molar-refractivity contribution in [2.45, 2.75) is 52.2 Å². The molecule has 0 spiro atoms. The molecule has 3 heterocycles. The molecule has 10 heteroatoms. The van der Waals surface area contributed by atoms with E-state index >= 15 is 0 Å². The minimum atomic E-state index is -0.667. The van der Waals surface area contributed by atoms with Crippen LogP contribution in [0.25, 0.3) is 11.5 Å². The van der Waals surface area contributed by atoms with E-state index in [0.717, 1.165) is 12.6 Å². The van der Waals surface area contributed by atoms with Crippen LogP contribution in [-0.4, -0.2) is 55.1 Å². The van der Waals surface area contributed by atoms with E-state index in [9.17, 15) is 14.0 Å². The standard InChI is InChI=1S/C20H28FN7O2/c1-20(2,3)16(22)19(30)28-7-5-6-14(28)18(29)25-10-12-8-23-17(24-9-12)15-13(21)11-26-27(15)4/h8-9,11,14,16H,5-7,10,22H2,1-4H3,(H,25,29). The van der Waals surface area contributed by atoms with Gasteiger partial charge in [0.15, 0.2) is 11.6 Å². The maximum atomic E-state index is 13.8. The van der Waals surface area contributed by atoms with Crippen LogP contribution in [0, 0.1) is 11.2 Å². The highest BCUT2D eigenvalue weighted by Crippen LogP contribution is 2.24. The Balaban J connectivity index is 1.62. The summed E-state index contributed by atoms with van der Waals surface area (Å²) in [6, 6.07) is -1.20. The summed E-state index contributed by atoms with van der Waals surface area (Å²) in [5, 5.41) is 6.67. The van der Waals surface area contributed by atoms with Gasteiger partial charge in [0, 0.05) is 38.1 Å². The molecule has 1 fully saturated rings. The van der Waals surface area contributed by atoms with E-state index in [0.29, 0.717) is 18.5 Å². The molecule has 1 saturated heterocycles. The number of amides is 2. The number of rotatable bonds is 5. The molecule has 2 unspecified atom stereocenters. The first-order valence-electron chi connectivity index (χ1n) is 9.92. The van der Waals surface area contributed by atoms with Crippen LogP contribution in [0.1, 0.15) is 39.2 Å². The first kappa shape index (κ1) is 21.8. The van der Waals surface area contributed by atoms with Gasteiger partial charge in [-0.3, -0.25) is 14.3 Å². The van der Waals surface area contributed by atoms with E-state index in [-0.39, 0.29) is 35.3 Å². The monoisotopic (exact) mass is 417 g/mol. The van der Waals surface area contributed by atoms with Crippen molar-refractivity contribution in [1.29, 1.82) is 0 Å². The second kappa shape index (κ2) is 8.47. The summed E-state index contributed by atoms with van der Waals surface area (Å²) < 4.78 is 15.2. The Hall–Kier alpha value is -2.88. The maximum Gasteiger partial charge on any atom is 0.243 e. The summed E-state index contributed by atoms with van der Waals surface area (Å²) in [6.45, 7) is 6.44. The third-order valence-corrected chi connectivity index (χ3v) is 5.32. The molecular weight excluding hydrogens is 389 g/mol. The van der Waals surface area contributed by atoms with Crippen molar-refractivity contribution >= 4 is 11.8 Å². The van der Waals surface area contributed by atoms with E-state index in [2.05, 4.69) is 20.4 Å². The van der Waals surface area contributed by atoms with Crippen LogP contribution in [-0.2, 0) is 23.2 Å².